The summed E-state index contributed by atoms with van der Waals surface area (Å²) in [5, 5.41) is 4.72. The van der Waals surface area contributed by atoms with E-state index in [1.807, 2.05) is 18.2 Å². The molecule has 2 saturated heterocycles. The molecule has 1 aromatic heterocycles. The molecular weight excluding hydrogens is 304 g/mol. The Kier molecular flexibility index (Phi) is 4.20. The number of amides is 1. The summed E-state index contributed by atoms with van der Waals surface area (Å²) in [7, 11) is 0. The van der Waals surface area contributed by atoms with Crippen LogP contribution in [0.2, 0.25) is 0 Å². The molecule has 2 atom stereocenters. The number of rotatable bonds is 1. The lowest BCUT2D eigenvalue weighted by Crippen LogP contribution is -2.46. The zero-order chi connectivity index (χ0) is 13.5. The molecule has 1 aromatic carbocycles. The number of benzene rings is 1. The first-order valence-electron chi connectivity index (χ1n) is 7.32. The molecule has 0 spiro atoms. The van der Waals surface area contributed by atoms with Crippen LogP contribution in [0.5, 0.6) is 0 Å². The van der Waals surface area contributed by atoms with Gasteiger partial charge in [-0.1, -0.05) is 18.2 Å². The second-order valence-corrected chi connectivity index (χ2v) is 6.88. The van der Waals surface area contributed by atoms with Crippen LogP contribution in [0, 0.1) is 5.92 Å². The lowest BCUT2D eigenvalue weighted by Gasteiger charge is -2.34. The molecule has 4 rings (SSSR count). The first-order chi connectivity index (χ1) is 9.81. The summed E-state index contributed by atoms with van der Waals surface area (Å²) >= 11 is 1.62. The Morgan fingerprint density at radius 2 is 2.14 bits per heavy atom. The van der Waals surface area contributed by atoms with E-state index in [9.17, 15) is 4.79 Å². The highest BCUT2D eigenvalue weighted by Gasteiger charge is 2.34. The lowest BCUT2D eigenvalue weighted by atomic mass is 9.93. The van der Waals surface area contributed by atoms with Gasteiger partial charge < -0.3 is 10.2 Å². The Morgan fingerprint density at radius 3 is 3.00 bits per heavy atom. The van der Waals surface area contributed by atoms with Crippen LogP contribution < -0.4 is 5.32 Å². The van der Waals surface area contributed by atoms with E-state index in [0.29, 0.717) is 12.0 Å². The molecule has 21 heavy (non-hydrogen) atoms. The zero-order valence-corrected chi connectivity index (χ0v) is 13.4. The number of carbonyl (C=O) groups excluding carboxylic acids is 1. The normalized spacial score (nSPS) is 24.7. The average molecular weight is 323 g/mol. The SMILES string of the molecule is Cl.O=C(c1cc2ccccc2s1)N1CCC2NCCC2C1. The quantitative estimate of drug-likeness (QED) is 0.874. The maximum Gasteiger partial charge on any atom is 0.263 e. The summed E-state index contributed by atoms with van der Waals surface area (Å²) in [4.78, 5) is 15.6. The number of thiophene rings is 1. The van der Waals surface area contributed by atoms with Gasteiger partial charge in [-0.2, -0.15) is 0 Å². The Labute approximate surface area is 134 Å². The van der Waals surface area contributed by atoms with Crippen molar-refractivity contribution in [3.05, 3.63) is 35.2 Å². The largest absolute Gasteiger partial charge is 0.338 e. The van der Waals surface area contributed by atoms with Crippen LogP contribution in [0.4, 0.5) is 0 Å². The minimum Gasteiger partial charge on any atom is -0.338 e. The van der Waals surface area contributed by atoms with E-state index >= 15 is 0 Å². The highest BCUT2D eigenvalue weighted by Crippen LogP contribution is 2.29. The van der Waals surface area contributed by atoms with Crippen molar-refractivity contribution in [1.29, 1.82) is 0 Å². The molecule has 0 aliphatic carbocycles. The molecular formula is C16H19ClN2OS. The van der Waals surface area contributed by atoms with Crippen LogP contribution >= 0.6 is 23.7 Å². The van der Waals surface area contributed by atoms with Gasteiger partial charge in [-0.25, -0.2) is 0 Å². The number of nitrogens with one attached hydrogen (secondary N) is 1. The van der Waals surface area contributed by atoms with Crippen molar-refractivity contribution in [3.63, 3.8) is 0 Å². The number of likely N-dealkylation sites (tertiary alicyclic amines) is 1. The summed E-state index contributed by atoms with van der Waals surface area (Å²) in [5.74, 6) is 0.874. The van der Waals surface area contributed by atoms with Gasteiger partial charge in [0.1, 0.15) is 0 Å². The zero-order valence-electron chi connectivity index (χ0n) is 11.7. The summed E-state index contributed by atoms with van der Waals surface area (Å²) in [5.41, 5.74) is 0. The maximum absolute atomic E-state index is 12.7. The molecule has 2 aromatic rings. The number of piperidine rings is 1. The fourth-order valence-corrected chi connectivity index (χ4v) is 4.51. The minimum absolute atomic E-state index is 0. The molecule has 112 valence electrons. The molecule has 2 unspecified atom stereocenters. The van der Waals surface area contributed by atoms with Gasteiger partial charge in [0.25, 0.3) is 5.91 Å². The van der Waals surface area contributed by atoms with E-state index in [2.05, 4.69) is 22.3 Å². The molecule has 1 N–H and O–H groups in total. The molecule has 2 aliphatic heterocycles. The highest BCUT2D eigenvalue weighted by atomic mass is 35.5. The summed E-state index contributed by atoms with van der Waals surface area (Å²) in [6.07, 6.45) is 2.31. The van der Waals surface area contributed by atoms with Crippen LogP contribution in [-0.2, 0) is 0 Å². The molecule has 1 amide bonds. The molecule has 2 fully saturated rings. The van der Waals surface area contributed by atoms with Gasteiger partial charge in [-0.05, 0) is 42.8 Å². The second kappa shape index (κ2) is 5.95. The van der Waals surface area contributed by atoms with Crippen molar-refractivity contribution in [2.24, 2.45) is 5.92 Å². The monoisotopic (exact) mass is 322 g/mol. The Hall–Kier alpha value is -1.10. The minimum atomic E-state index is 0. The lowest BCUT2D eigenvalue weighted by molar-refractivity contribution is 0.0667. The molecule has 2 aliphatic rings. The number of carbonyl (C=O) groups is 1. The van der Waals surface area contributed by atoms with Gasteiger partial charge in [0.05, 0.1) is 4.88 Å². The van der Waals surface area contributed by atoms with E-state index < -0.39 is 0 Å². The van der Waals surface area contributed by atoms with Crippen molar-refractivity contribution in [3.8, 4) is 0 Å². The molecule has 0 bridgehead atoms. The maximum atomic E-state index is 12.7. The first kappa shape index (κ1) is 14.8. The van der Waals surface area contributed by atoms with Crippen LogP contribution in [0.3, 0.4) is 0 Å². The van der Waals surface area contributed by atoms with Gasteiger partial charge in [0.2, 0.25) is 0 Å². The molecule has 3 heterocycles. The van der Waals surface area contributed by atoms with Crippen molar-refractivity contribution in [2.45, 2.75) is 18.9 Å². The fraction of sp³-hybridized carbons (Fsp3) is 0.438. The van der Waals surface area contributed by atoms with Gasteiger partial charge in [0.15, 0.2) is 0 Å². The highest BCUT2D eigenvalue weighted by molar-refractivity contribution is 7.20. The first-order valence-corrected chi connectivity index (χ1v) is 8.14. The van der Waals surface area contributed by atoms with Gasteiger partial charge in [-0.3, -0.25) is 4.79 Å². The van der Waals surface area contributed by atoms with Gasteiger partial charge in [-0.15, -0.1) is 23.7 Å². The number of hydrogen-bond donors (Lipinski definition) is 1. The summed E-state index contributed by atoms with van der Waals surface area (Å²) < 4.78 is 1.20. The van der Waals surface area contributed by atoms with Gasteiger partial charge >= 0.3 is 0 Å². The Balaban J connectivity index is 0.00000132. The van der Waals surface area contributed by atoms with Crippen LogP contribution in [0.15, 0.2) is 30.3 Å². The van der Waals surface area contributed by atoms with Crippen LogP contribution in [0.25, 0.3) is 10.1 Å². The number of halogens is 1. The van der Waals surface area contributed by atoms with E-state index in [1.165, 1.54) is 16.5 Å². The third kappa shape index (κ3) is 2.68. The topological polar surface area (TPSA) is 32.3 Å². The Morgan fingerprint density at radius 1 is 1.29 bits per heavy atom. The smallest absolute Gasteiger partial charge is 0.263 e. The van der Waals surface area contributed by atoms with E-state index in [-0.39, 0.29) is 18.3 Å². The average Bonchev–Trinajstić information content (AvgIpc) is 3.11. The second-order valence-electron chi connectivity index (χ2n) is 5.80. The fourth-order valence-electron chi connectivity index (χ4n) is 3.48. The van der Waals surface area contributed by atoms with Crippen molar-refractivity contribution in [2.75, 3.05) is 19.6 Å². The number of hydrogen-bond acceptors (Lipinski definition) is 3. The third-order valence-electron chi connectivity index (χ3n) is 4.58. The van der Waals surface area contributed by atoms with Crippen molar-refractivity contribution >= 4 is 39.7 Å². The third-order valence-corrected chi connectivity index (χ3v) is 5.68. The number of fused-ring (bicyclic) bond motifs is 2. The predicted octanol–water partition coefficient (Wildman–Crippen LogP) is 3.15. The van der Waals surface area contributed by atoms with Gasteiger partial charge in [0, 0.05) is 23.8 Å². The van der Waals surface area contributed by atoms with Crippen LogP contribution in [0.1, 0.15) is 22.5 Å². The molecule has 0 saturated carbocycles. The van der Waals surface area contributed by atoms with E-state index in [4.69, 9.17) is 0 Å². The Bertz CT molecular complexity index is 624. The van der Waals surface area contributed by atoms with Crippen molar-refractivity contribution < 1.29 is 4.79 Å². The standard InChI is InChI=1S/C16H18N2OS.ClH/c19-16(15-9-11-3-1-2-4-14(11)20-15)18-8-6-13-12(10-18)5-7-17-13;/h1-4,9,12-13,17H,5-8,10H2;1H. The molecule has 3 nitrogen and oxygen atoms in total. The molecule has 5 heteroatoms. The van der Waals surface area contributed by atoms with Crippen LogP contribution in [-0.4, -0.2) is 36.5 Å². The van der Waals surface area contributed by atoms with E-state index in [1.54, 1.807) is 11.3 Å². The molecule has 0 radical (unpaired) electrons. The summed E-state index contributed by atoms with van der Waals surface area (Å²) in [6, 6.07) is 10.9. The van der Waals surface area contributed by atoms with E-state index in [0.717, 1.165) is 30.9 Å². The summed E-state index contributed by atoms with van der Waals surface area (Å²) in [6.45, 7) is 2.92. The predicted molar refractivity (Wildman–Crippen MR) is 89.5 cm³/mol. The van der Waals surface area contributed by atoms with Crippen molar-refractivity contribution in [1.82, 2.24) is 10.2 Å². The number of nitrogens with zero attached hydrogens (tertiary/aromatic N) is 1.